The summed E-state index contributed by atoms with van der Waals surface area (Å²) in [6.45, 7) is 8.34. The summed E-state index contributed by atoms with van der Waals surface area (Å²) in [5, 5.41) is 4.52. The van der Waals surface area contributed by atoms with Crippen LogP contribution in [0.5, 0.6) is 0 Å². The van der Waals surface area contributed by atoms with Gasteiger partial charge in [0, 0.05) is 39.2 Å². The van der Waals surface area contributed by atoms with Crippen LogP contribution in [0.15, 0.2) is 138 Å². The topological polar surface area (TPSA) is 34.8 Å². The average Bonchev–Trinajstić information content (AvgIpc) is 3.54. The minimum atomic E-state index is -0.421. The maximum atomic E-state index is 6.61. The van der Waals surface area contributed by atoms with Gasteiger partial charge in [-0.25, -0.2) is 0 Å². The van der Waals surface area contributed by atoms with Crippen molar-refractivity contribution in [1.82, 2.24) is 0 Å². The Morgan fingerprint density at radius 1 is 0.556 bits per heavy atom. The van der Waals surface area contributed by atoms with Gasteiger partial charge in [-0.15, -0.1) is 0 Å². The lowest BCUT2D eigenvalue weighted by Crippen LogP contribution is -2.41. The van der Waals surface area contributed by atoms with Gasteiger partial charge in [-0.3, -0.25) is 0 Å². The third kappa shape index (κ3) is 4.62. The summed E-state index contributed by atoms with van der Waals surface area (Å²) in [6, 6.07) is 46.9. The Balaban J connectivity index is 1.28. The van der Waals surface area contributed by atoms with Gasteiger partial charge in [0.25, 0.3) is 0 Å². The van der Waals surface area contributed by atoms with Crippen molar-refractivity contribution in [3.63, 3.8) is 0 Å². The number of para-hydroxylation sites is 1. The fourth-order valence-electron chi connectivity index (χ4n) is 6.35. The molecule has 1 aliphatic heterocycles. The van der Waals surface area contributed by atoms with Gasteiger partial charge in [0.1, 0.15) is 11.2 Å². The summed E-state index contributed by atoms with van der Waals surface area (Å²) in [5.41, 5.74) is 7.39. The van der Waals surface area contributed by atoms with E-state index >= 15 is 0 Å². The Morgan fingerprint density at radius 2 is 1.20 bits per heavy atom. The fraction of sp³-hybridized carbons (Fsp3) is 0.150. The zero-order chi connectivity index (χ0) is 30.8. The minimum absolute atomic E-state index is 0.398. The fourth-order valence-corrected chi connectivity index (χ4v) is 6.35. The van der Waals surface area contributed by atoms with Gasteiger partial charge in [0.05, 0.1) is 16.9 Å². The first-order valence-corrected chi connectivity index (χ1v) is 15.5. The number of furan rings is 1. The van der Waals surface area contributed by atoms with Crippen molar-refractivity contribution in [3.8, 4) is 11.1 Å². The average molecular weight is 588 g/mol. The minimum Gasteiger partial charge on any atom is -0.455 e. The molecule has 1 fully saturated rings. The Morgan fingerprint density at radius 3 is 1.98 bits per heavy atom. The summed E-state index contributed by atoms with van der Waals surface area (Å²) in [5.74, 6) is 0. The molecule has 0 unspecified atom stereocenters. The molecule has 0 radical (unpaired) electrons. The van der Waals surface area contributed by atoms with Crippen LogP contribution in [0.25, 0.3) is 43.8 Å². The van der Waals surface area contributed by atoms with E-state index < -0.39 is 18.3 Å². The molecule has 4 nitrogen and oxygen atoms in total. The highest BCUT2D eigenvalue weighted by Crippen LogP contribution is 2.43. The van der Waals surface area contributed by atoms with Gasteiger partial charge >= 0.3 is 7.12 Å². The number of anilines is 3. The van der Waals surface area contributed by atoms with E-state index in [0.717, 1.165) is 61.0 Å². The largest absolute Gasteiger partial charge is 0.494 e. The lowest BCUT2D eigenvalue weighted by Gasteiger charge is -2.32. The molecular formula is C40H34BNO3. The maximum Gasteiger partial charge on any atom is 0.494 e. The van der Waals surface area contributed by atoms with Crippen molar-refractivity contribution in [3.05, 3.63) is 133 Å². The second-order valence-electron chi connectivity index (χ2n) is 12.8. The molecule has 0 amide bonds. The van der Waals surface area contributed by atoms with Crippen LogP contribution in [0.3, 0.4) is 0 Å². The molecule has 0 atom stereocenters. The van der Waals surface area contributed by atoms with Crippen LogP contribution >= 0.6 is 0 Å². The molecule has 0 N–H and O–H groups in total. The number of fused-ring (bicyclic) bond motifs is 5. The molecule has 1 aliphatic rings. The van der Waals surface area contributed by atoms with Crippen molar-refractivity contribution in [2.75, 3.05) is 4.90 Å². The molecule has 2 heterocycles. The molecule has 7 aromatic rings. The molecule has 8 rings (SSSR count). The Bertz CT molecular complexity index is 2170. The predicted molar refractivity (Wildman–Crippen MR) is 187 cm³/mol. The van der Waals surface area contributed by atoms with Crippen LogP contribution in [0.1, 0.15) is 27.7 Å². The molecule has 0 bridgehead atoms. The lowest BCUT2D eigenvalue weighted by atomic mass is 9.79. The van der Waals surface area contributed by atoms with Crippen LogP contribution < -0.4 is 10.4 Å². The van der Waals surface area contributed by atoms with Crippen molar-refractivity contribution in [1.29, 1.82) is 0 Å². The molecule has 6 aromatic carbocycles. The summed E-state index contributed by atoms with van der Waals surface area (Å²) in [6.07, 6.45) is 0. The number of benzene rings is 6. The highest BCUT2D eigenvalue weighted by molar-refractivity contribution is 6.62. The molecule has 45 heavy (non-hydrogen) atoms. The Hall–Kier alpha value is -4.84. The molecule has 1 aromatic heterocycles. The van der Waals surface area contributed by atoms with Crippen LogP contribution in [0.4, 0.5) is 17.1 Å². The van der Waals surface area contributed by atoms with Gasteiger partial charge in [0.2, 0.25) is 0 Å². The number of rotatable bonds is 5. The molecule has 220 valence electrons. The first-order chi connectivity index (χ1) is 21.8. The van der Waals surface area contributed by atoms with Gasteiger partial charge in [-0.1, -0.05) is 91.0 Å². The quantitative estimate of drug-likeness (QED) is 0.188. The standard InChI is InChI=1S/C40H34BNO3/c1-39(2)40(3,4)45-41(44-39)29-19-21-30(22-20-29)42(36-17-11-10-15-32(36)27-12-6-5-7-13-27)31-23-25-34-35-24-18-28-14-8-9-16-33(28)38(35)43-37(34)26-31/h5-26H,1-4H3. The normalized spacial score (nSPS) is 15.7. The van der Waals surface area contributed by atoms with Gasteiger partial charge in [-0.05, 0) is 80.5 Å². The van der Waals surface area contributed by atoms with Crippen molar-refractivity contribution < 1.29 is 13.7 Å². The lowest BCUT2D eigenvalue weighted by molar-refractivity contribution is 0.00578. The second-order valence-corrected chi connectivity index (χ2v) is 12.8. The third-order valence-corrected chi connectivity index (χ3v) is 9.51. The van der Waals surface area contributed by atoms with Crippen LogP contribution in [-0.2, 0) is 9.31 Å². The van der Waals surface area contributed by atoms with E-state index in [4.69, 9.17) is 13.7 Å². The van der Waals surface area contributed by atoms with E-state index in [2.05, 4.69) is 166 Å². The van der Waals surface area contributed by atoms with E-state index in [1.54, 1.807) is 0 Å². The Labute approximate surface area is 264 Å². The van der Waals surface area contributed by atoms with Crippen molar-refractivity contribution in [2.45, 2.75) is 38.9 Å². The summed E-state index contributed by atoms with van der Waals surface area (Å²) < 4.78 is 19.3. The van der Waals surface area contributed by atoms with Crippen LogP contribution in [0.2, 0.25) is 0 Å². The van der Waals surface area contributed by atoms with E-state index in [9.17, 15) is 0 Å². The van der Waals surface area contributed by atoms with Crippen LogP contribution in [0, 0.1) is 0 Å². The van der Waals surface area contributed by atoms with E-state index in [0.29, 0.717) is 0 Å². The predicted octanol–water partition coefficient (Wildman–Crippen LogP) is 10.2. The number of hydrogen-bond donors (Lipinski definition) is 0. The van der Waals surface area contributed by atoms with Gasteiger partial charge in [-0.2, -0.15) is 0 Å². The molecule has 1 saturated heterocycles. The highest BCUT2D eigenvalue weighted by atomic mass is 16.7. The summed E-state index contributed by atoms with van der Waals surface area (Å²) in [4.78, 5) is 2.31. The third-order valence-electron chi connectivity index (χ3n) is 9.51. The Kier molecular flexibility index (Phi) is 6.38. The van der Waals surface area contributed by atoms with E-state index in [-0.39, 0.29) is 0 Å². The summed E-state index contributed by atoms with van der Waals surface area (Å²) >= 11 is 0. The molecule has 5 heteroatoms. The maximum absolute atomic E-state index is 6.61. The van der Waals surface area contributed by atoms with Gasteiger partial charge in [0.15, 0.2) is 0 Å². The first-order valence-electron chi connectivity index (χ1n) is 15.5. The highest BCUT2D eigenvalue weighted by Gasteiger charge is 2.51. The van der Waals surface area contributed by atoms with Crippen molar-refractivity contribution >= 4 is 62.4 Å². The zero-order valence-corrected chi connectivity index (χ0v) is 26.0. The first kappa shape index (κ1) is 27.7. The molecule has 0 saturated carbocycles. The second kappa shape index (κ2) is 10.4. The molecule has 0 aliphatic carbocycles. The number of nitrogens with zero attached hydrogens (tertiary/aromatic N) is 1. The van der Waals surface area contributed by atoms with Crippen LogP contribution in [-0.4, -0.2) is 18.3 Å². The van der Waals surface area contributed by atoms with Crippen molar-refractivity contribution in [2.24, 2.45) is 0 Å². The smallest absolute Gasteiger partial charge is 0.455 e. The SMILES string of the molecule is CC1(C)OB(c2ccc(N(c3ccc4c(c3)oc3c5ccccc5ccc43)c3ccccc3-c3ccccc3)cc2)OC1(C)C. The van der Waals surface area contributed by atoms with E-state index in [1.807, 2.05) is 0 Å². The van der Waals surface area contributed by atoms with Gasteiger partial charge < -0.3 is 18.6 Å². The molecular weight excluding hydrogens is 553 g/mol. The molecule has 0 spiro atoms. The monoisotopic (exact) mass is 587 g/mol. The number of hydrogen-bond acceptors (Lipinski definition) is 4. The zero-order valence-electron chi connectivity index (χ0n) is 26.0. The van der Waals surface area contributed by atoms with E-state index in [1.165, 1.54) is 5.39 Å². The summed E-state index contributed by atoms with van der Waals surface area (Å²) in [7, 11) is -0.421.